The van der Waals surface area contributed by atoms with Crippen molar-refractivity contribution in [3.63, 3.8) is 0 Å². The summed E-state index contributed by atoms with van der Waals surface area (Å²) in [4.78, 5) is 11.3. The minimum absolute atomic E-state index is 0.0377. The number of rotatable bonds is 6. The first-order chi connectivity index (χ1) is 9.77. The van der Waals surface area contributed by atoms with Crippen LogP contribution in [0.25, 0.3) is 0 Å². The number of carbonyl (C=O) groups is 1. The highest BCUT2D eigenvalue weighted by Gasteiger charge is 2.29. The van der Waals surface area contributed by atoms with Gasteiger partial charge in [0, 0.05) is 6.04 Å². The van der Waals surface area contributed by atoms with Gasteiger partial charge in [0.25, 0.3) is 0 Å². The third-order valence-corrected chi connectivity index (χ3v) is 3.66. The average molecular weight is 291 g/mol. The second kappa shape index (κ2) is 6.06. The van der Waals surface area contributed by atoms with E-state index in [1.54, 1.807) is 0 Å². The molecule has 0 radical (unpaired) electrons. The first-order valence-corrected chi connectivity index (χ1v) is 7.50. The summed E-state index contributed by atoms with van der Waals surface area (Å²) >= 11 is 0. The van der Waals surface area contributed by atoms with Crippen LogP contribution >= 0.6 is 0 Å². The van der Waals surface area contributed by atoms with Crippen LogP contribution in [0.5, 0.6) is 5.75 Å². The number of nitrogens with one attached hydrogen (secondary N) is 1. The van der Waals surface area contributed by atoms with Crippen molar-refractivity contribution >= 4 is 5.97 Å². The lowest BCUT2D eigenvalue weighted by molar-refractivity contribution is -0.140. The summed E-state index contributed by atoms with van der Waals surface area (Å²) in [5.41, 5.74) is 2.25. The maximum absolute atomic E-state index is 11.3. The van der Waals surface area contributed by atoms with Gasteiger partial charge < -0.3 is 9.84 Å². The van der Waals surface area contributed by atoms with Gasteiger partial charge >= 0.3 is 5.97 Å². The molecule has 0 spiro atoms. The molecule has 1 aliphatic rings. The number of benzene rings is 1. The molecular formula is C17H25NO3. The predicted octanol–water partition coefficient (Wildman–Crippen LogP) is 2.88. The quantitative estimate of drug-likeness (QED) is 0.846. The Bertz CT molecular complexity index is 515. The number of aliphatic carboxylic acids is 1. The third kappa shape index (κ3) is 4.46. The number of hydrogen-bond acceptors (Lipinski definition) is 3. The standard InChI is InChI=1S/C17H25NO3/c1-11-5-8-15(13(9-11)17(2,3)4)21-10-14(16(19)20)18-12-6-7-12/h5,8-9,12,14,18H,6-7,10H2,1-4H3,(H,19,20). The van der Waals surface area contributed by atoms with E-state index in [-0.39, 0.29) is 12.0 Å². The fraction of sp³-hybridized carbons (Fsp3) is 0.588. The summed E-state index contributed by atoms with van der Waals surface area (Å²) < 4.78 is 5.83. The Balaban J connectivity index is 2.09. The van der Waals surface area contributed by atoms with E-state index in [9.17, 15) is 9.90 Å². The zero-order valence-corrected chi connectivity index (χ0v) is 13.3. The van der Waals surface area contributed by atoms with Crippen LogP contribution in [0, 0.1) is 6.92 Å². The number of carboxylic acids is 1. The maximum atomic E-state index is 11.3. The van der Waals surface area contributed by atoms with E-state index in [1.807, 2.05) is 19.1 Å². The fourth-order valence-corrected chi connectivity index (χ4v) is 2.25. The van der Waals surface area contributed by atoms with E-state index in [1.165, 1.54) is 5.56 Å². The molecule has 0 saturated heterocycles. The van der Waals surface area contributed by atoms with Crippen molar-refractivity contribution in [3.8, 4) is 5.75 Å². The molecule has 1 aromatic rings. The van der Waals surface area contributed by atoms with Gasteiger partial charge in [-0.3, -0.25) is 10.1 Å². The summed E-state index contributed by atoms with van der Waals surface area (Å²) in [7, 11) is 0. The highest BCUT2D eigenvalue weighted by Crippen LogP contribution is 2.32. The van der Waals surface area contributed by atoms with Gasteiger partial charge in [-0.25, -0.2) is 0 Å². The molecule has 1 aliphatic carbocycles. The molecule has 0 aromatic heterocycles. The fourth-order valence-electron chi connectivity index (χ4n) is 2.25. The smallest absolute Gasteiger partial charge is 0.324 e. The van der Waals surface area contributed by atoms with E-state index < -0.39 is 12.0 Å². The molecule has 2 N–H and O–H groups in total. The summed E-state index contributed by atoms with van der Waals surface area (Å²) in [5.74, 6) is -0.0803. The number of carboxylic acid groups (broad SMARTS) is 1. The van der Waals surface area contributed by atoms with Crippen LogP contribution < -0.4 is 10.1 Å². The molecule has 0 aliphatic heterocycles. The van der Waals surface area contributed by atoms with Gasteiger partial charge in [-0.1, -0.05) is 38.5 Å². The molecule has 1 fully saturated rings. The molecule has 1 unspecified atom stereocenters. The topological polar surface area (TPSA) is 58.6 Å². The predicted molar refractivity (Wildman–Crippen MR) is 83.0 cm³/mol. The van der Waals surface area contributed by atoms with Crippen molar-refractivity contribution < 1.29 is 14.6 Å². The van der Waals surface area contributed by atoms with Crippen molar-refractivity contribution in [1.82, 2.24) is 5.32 Å². The van der Waals surface area contributed by atoms with E-state index in [0.29, 0.717) is 6.04 Å². The van der Waals surface area contributed by atoms with Gasteiger partial charge in [-0.05, 0) is 36.8 Å². The van der Waals surface area contributed by atoms with E-state index in [0.717, 1.165) is 24.2 Å². The average Bonchev–Trinajstić information content (AvgIpc) is 3.18. The lowest BCUT2D eigenvalue weighted by atomic mass is 9.85. The summed E-state index contributed by atoms with van der Waals surface area (Å²) in [5, 5.41) is 12.4. The lowest BCUT2D eigenvalue weighted by Gasteiger charge is -2.24. The van der Waals surface area contributed by atoms with Crippen LogP contribution in [0.4, 0.5) is 0 Å². The Morgan fingerprint density at radius 1 is 1.43 bits per heavy atom. The Kier molecular flexibility index (Phi) is 4.57. The minimum Gasteiger partial charge on any atom is -0.491 e. The first-order valence-electron chi connectivity index (χ1n) is 7.50. The highest BCUT2D eigenvalue weighted by atomic mass is 16.5. The van der Waals surface area contributed by atoms with E-state index in [4.69, 9.17) is 4.74 Å². The summed E-state index contributed by atoms with van der Waals surface area (Å²) in [6, 6.07) is 5.74. The van der Waals surface area contributed by atoms with E-state index in [2.05, 4.69) is 32.2 Å². The Hall–Kier alpha value is -1.55. The summed E-state index contributed by atoms with van der Waals surface area (Å²) in [6.07, 6.45) is 2.11. The van der Waals surface area contributed by atoms with Crippen LogP contribution in [-0.2, 0) is 10.2 Å². The molecule has 0 bridgehead atoms. The number of hydrogen-bond donors (Lipinski definition) is 2. The van der Waals surface area contributed by atoms with Crippen LogP contribution in [0.15, 0.2) is 18.2 Å². The molecule has 4 nitrogen and oxygen atoms in total. The zero-order chi connectivity index (χ0) is 15.6. The zero-order valence-electron chi connectivity index (χ0n) is 13.3. The van der Waals surface area contributed by atoms with Gasteiger partial charge in [0.2, 0.25) is 0 Å². The molecule has 1 atom stereocenters. The highest BCUT2D eigenvalue weighted by molar-refractivity contribution is 5.73. The molecule has 0 amide bonds. The molecule has 1 aromatic carbocycles. The molecule has 21 heavy (non-hydrogen) atoms. The van der Waals surface area contributed by atoms with Crippen molar-refractivity contribution in [2.75, 3.05) is 6.61 Å². The molecule has 0 heterocycles. The van der Waals surface area contributed by atoms with E-state index >= 15 is 0 Å². The van der Waals surface area contributed by atoms with Crippen LogP contribution in [0.2, 0.25) is 0 Å². The lowest BCUT2D eigenvalue weighted by Crippen LogP contribution is -2.42. The van der Waals surface area contributed by atoms with Crippen molar-refractivity contribution in [3.05, 3.63) is 29.3 Å². The monoisotopic (exact) mass is 291 g/mol. The van der Waals surface area contributed by atoms with Gasteiger partial charge in [0.15, 0.2) is 0 Å². The van der Waals surface area contributed by atoms with Crippen LogP contribution in [0.3, 0.4) is 0 Å². The first kappa shape index (κ1) is 15.8. The van der Waals surface area contributed by atoms with Crippen molar-refractivity contribution in [1.29, 1.82) is 0 Å². The van der Waals surface area contributed by atoms with Gasteiger partial charge in [0.1, 0.15) is 18.4 Å². The van der Waals surface area contributed by atoms with Gasteiger partial charge in [-0.15, -0.1) is 0 Å². The van der Waals surface area contributed by atoms with Crippen LogP contribution in [-0.4, -0.2) is 29.8 Å². The van der Waals surface area contributed by atoms with Crippen LogP contribution in [0.1, 0.15) is 44.7 Å². The largest absolute Gasteiger partial charge is 0.491 e. The Morgan fingerprint density at radius 3 is 2.62 bits per heavy atom. The van der Waals surface area contributed by atoms with Gasteiger partial charge in [0.05, 0.1) is 0 Å². The molecule has 4 heteroatoms. The second-order valence-corrected chi connectivity index (χ2v) is 6.89. The van der Waals surface area contributed by atoms with Crippen molar-refractivity contribution in [2.45, 2.75) is 58.0 Å². The van der Waals surface area contributed by atoms with Crippen molar-refractivity contribution in [2.24, 2.45) is 0 Å². The number of aryl methyl sites for hydroxylation is 1. The second-order valence-electron chi connectivity index (χ2n) is 6.89. The molecule has 1 saturated carbocycles. The maximum Gasteiger partial charge on any atom is 0.324 e. The van der Waals surface area contributed by atoms with Gasteiger partial charge in [-0.2, -0.15) is 0 Å². The SMILES string of the molecule is Cc1ccc(OCC(NC2CC2)C(=O)O)c(C(C)(C)C)c1. The number of ether oxygens (including phenoxy) is 1. The Morgan fingerprint density at radius 2 is 2.10 bits per heavy atom. The third-order valence-electron chi connectivity index (χ3n) is 3.66. The molecule has 2 rings (SSSR count). The molecular weight excluding hydrogens is 266 g/mol. The normalized spacial score (nSPS) is 16.6. The Labute approximate surface area is 126 Å². The minimum atomic E-state index is -0.855. The summed E-state index contributed by atoms with van der Waals surface area (Å²) in [6.45, 7) is 8.59. The molecule has 116 valence electrons.